The van der Waals surface area contributed by atoms with Gasteiger partial charge in [-0.1, -0.05) is 19.9 Å². The second-order valence-corrected chi connectivity index (χ2v) is 2.38. The van der Waals surface area contributed by atoms with Gasteiger partial charge >= 0.3 is 0 Å². The molecule has 0 bridgehead atoms. The largest absolute Gasteiger partial charge is 0.300 e. The van der Waals surface area contributed by atoms with Crippen LogP contribution in [0.15, 0.2) is 24.4 Å². The van der Waals surface area contributed by atoms with E-state index in [0.717, 1.165) is 5.69 Å². The van der Waals surface area contributed by atoms with E-state index in [-0.39, 0.29) is 5.78 Å². The van der Waals surface area contributed by atoms with E-state index >= 15 is 0 Å². The van der Waals surface area contributed by atoms with Crippen molar-refractivity contribution in [3.8, 4) is 0 Å². The summed E-state index contributed by atoms with van der Waals surface area (Å²) >= 11 is 0. The number of hydrogen-bond acceptors (Lipinski definition) is 2. The quantitative estimate of drug-likeness (QED) is 0.615. The molecule has 1 rings (SSSR count). The van der Waals surface area contributed by atoms with Crippen LogP contribution in [0.4, 0.5) is 0 Å². The second-order valence-electron chi connectivity index (χ2n) is 2.38. The van der Waals surface area contributed by atoms with Crippen LogP contribution in [0.3, 0.4) is 0 Å². The van der Waals surface area contributed by atoms with Crippen molar-refractivity contribution in [3.05, 3.63) is 30.1 Å². The summed E-state index contributed by atoms with van der Waals surface area (Å²) in [6.45, 7) is 9.03. The predicted octanol–water partition coefficient (Wildman–Crippen LogP) is 3.01. The lowest BCUT2D eigenvalue weighted by molar-refractivity contribution is -0.114. The number of ketones is 1. The number of carbonyl (C=O) groups excluding carboxylic acids is 1. The maximum Gasteiger partial charge on any atom is 0.126 e. The van der Waals surface area contributed by atoms with Crippen LogP contribution < -0.4 is 0 Å². The third kappa shape index (κ3) is 18.1. The summed E-state index contributed by atoms with van der Waals surface area (Å²) in [5.41, 5.74) is 1.07. The number of aryl methyl sites for hydroxylation is 1. The molecule has 0 aliphatic rings. The Hall–Kier alpha value is -1.18. The van der Waals surface area contributed by atoms with Gasteiger partial charge in [-0.05, 0) is 32.9 Å². The molecular formula is C11H19NO. The highest BCUT2D eigenvalue weighted by molar-refractivity contribution is 5.72. The van der Waals surface area contributed by atoms with Crippen LogP contribution in [0.25, 0.3) is 0 Å². The Labute approximate surface area is 81.0 Å². The van der Waals surface area contributed by atoms with Gasteiger partial charge in [0.05, 0.1) is 0 Å². The van der Waals surface area contributed by atoms with E-state index in [9.17, 15) is 4.79 Å². The zero-order chi connectivity index (χ0) is 10.7. The van der Waals surface area contributed by atoms with Gasteiger partial charge in [-0.2, -0.15) is 0 Å². The lowest BCUT2D eigenvalue weighted by Crippen LogP contribution is -1.72. The van der Waals surface area contributed by atoms with Crippen LogP contribution in [-0.4, -0.2) is 10.8 Å². The Morgan fingerprint density at radius 3 is 1.85 bits per heavy atom. The van der Waals surface area contributed by atoms with Crippen molar-refractivity contribution < 1.29 is 4.79 Å². The molecule has 0 radical (unpaired) electrons. The zero-order valence-electron chi connectivity index (χ0n) is 9.16. The molecule has 0 saturated heterocycles. The molecule has 0 aliphatic heterocycles. The molecule has 1 aromatic heterocycles. The van der Waals surface area contributed by atoms with Crippen molar-refractivity contribution in [1.82, 2.24) is 4.98 Å². The Morgan fingerprint density at radius 1 is 1.23 bits per heavy atom. The number of pyridine rings is 1. The fourth-order valence-corrected chi connectivity index (χ4v) is 0.448. The van der Waals surface area contributed by atoms with E-state index < -0.39 is 0 Å². The Morgan fingerprint density at radius 2 is 1.69 bits per heavy atom. The first kappa shape index (κ1) is 14.3. The van der Waals surface area contributed by atoms with E-state index in [1.165, 1.54) is 13.8 Å². The maximum absolute atomic E-state index is 9.44. The highest BCUT2D eigenvalue weighted by Gasteiger charge is 1.73. The molecule has 0 unspecified atom stereocenters. The summed E-state index contributed by atoms with van der Waals surface area (Å²) < 4.78 is 0. The Balaban J connectivity index is 0. The molecule has 0 fully saturated rings. The van der Waals surface area contributed by atoms with Crippen molar-refractivity contribution in [1.29, 1.82) is 0 Å². The van der Waals surface area contributed by atoms with E-state index in [0.29, 0.717) is 0 Å². The number of carbonyl (C=O) groups is 1. The third-order valence-corrected chi connectivity index (χ3v) is 0.813. The van der Waals surface area contributed by atoms with Crippen LogP contribution in [-0.2, 0) is 4.79 Å². The number of aromatic nitrogens is 1. The number of rotatable bonds is 0. The lowest BCUT2D eigenvalue weighted by atomic mass is 10.4. The van der Waals surface area contributed by atoms with Crippen molar-refractivity contribution in [2.75, 3.05) is 0 Å². The molecule has 0 saturated carbocycles. The summed E-state index contributed by atoms with van der Waals surface area (Å²) in [6, 6.07) is 5.86. The molecule has 0 atom stereocenters. The Kier molecular flexibility index (Phi) is 11.9. The first-order valence-corrected chi connectivity index (χ1v) is 4.47. The molecule has 1 heterocycles. The Bertz CT molecular complexity index is 203. The topological polar surface area (TPSA) is 30.0 Å². The average molecular weight is 181 g/mol. The molecule has 0 N–H and O–H groups in total. The van der Waals surface area contributed by atoms with Gasteiger partial charge < -0.3 is 4.79 Å². The molecule has 74 valence electrons. The minimum atomic E-state index is 0.167. The fraction of sp³-hybridized carbons (Fsp3) is 0.455. The van der Waals surface area contributed by atoms with Crippen molar-refractivity contribution in [2.45, 2.75) is 34.6 Å². The van der Waals surface area contributed by atoms with Crippen LogP contribution in [0.2, 0.25) is 0 Å². The minimum absolute atomic E-state index is 0.167. The van der Waals surface area contributed by atoms with E-state index in [1.54, 1.807) is 6.20 Å². The molecule has 0 spiro atoms. The molecule has 0 amide bonds. The van der Waals surface area contributed by atoms with Crippen LogP contribution >= 0.6 is 0 Å². The predicted molar refractivity (Wildman–Crippen MR) is 56.7 cm³/mol. The highest BCUT2D eigenvalue weighted by Crippen LogP contribution is 1.85. The molecular weight excluding hydrogens is 162 g/mol. The van der Waals surface area contributed by atoms with Gasteiger partial charge in [-0.15, -0.1) is 0 Å². The molecule has 2 nitrogen and oxygen atoms in total. The lowest BCUT2D eigenvalue weighted by Gasteiger charge is -1.82. The summed E-state index contributed by atoms with van der Waals surface area (Å²) in [4.78, 5) is 13.4. The van der Waals surface area contributed by atoms with Gasteiger partial charge in [-0.3, -0.25) is 4.98 Å². The zero-order valence-corrected chi connectivity index (χ0v) is 9.16. The molecule has 1 aromatic rings. The van der Waals surface area contributed by atoms with E-state index in [1.807, 2.05) is 39.0 Å². The van der Waals surface area contributed by atoms with Crippen molar-refractivity contribution >= 4 is 5.78 Å². The number of nitrogens with zero attached hydrogens (tertiary/aromatic N) is 1. The molecule has 13 heavy (non-hydrogen) atoms. The van der Waals surface area contributed by atoms with Gasteiger partial charge in [0, 0.05) is 11.9 Å². The van der Waals surface area contributed by atoms with Gasteiger partial charge in [0.2, 0.25) is 0 Å². The monoisotopic (exact) mass is 181 g/mol. The first-order valence-electron chi connectivity index (χ1n) is 4.47. The number of Topliss-reactive ketones (excluding diaryl/α,β-unsaturated/α-hetero) is 1. The third-order valence-electron chi connectivity index (χ3n) is 0.813. The standard InChI is InChI=1S/C6H7N.C3H6O.C2H6/c1-6-4-2-3-5-7-6;1-3(2)4;1-2/h2-5H,1H3;1-2H3;1-2H3. The van der Waals surface area contributed by atoms with Crippen molar-refractivity contribution in [2.24, 2.45) is 0 Å². The van der Waals surface area contributed by atoms with Gasteiger partial charge in [0.15, 0.2) is 0 Å². The van der Waals surface area contributed by atoms with Crippen LogP contribution in [0.1, 0.15) is 33.4 Å². The maximum atomic E-state index is 9.44. The summed E-state index contributed by atoms with van der Waals surface area (Å²) in [6.07, 6.45) is 1.79. The highest BCUT2D eigenvalue weighted by atomic mass is 16.1. The van der Waals surface area contributed by atoms with Crippen molar-refractivity contribution in [3.63, 3.8) is 0 Å². The summed E-state index contributed by atoms with van der Waals surface area (Å²) in [7, 11) is 0. The minimum Gasteiger partial charge on any atom is -0.300 e. The molecule has 2 heteroatoms. The molecule has 0 aliphatic carbocycles. The molecule has 0 aromatic carbocycles. The van der Waals surface area contributed by atoms with Crippen LogP contribution in [0, 0.1) is 6.92 Å². The van der Waals surface area contributed by atoms with E-state index in [2.05, 4.69) is 4.98 Å². The van der Waals surface area contributed by atoms with Gasteiger partial charge in [-0.25, -0.2) is 0 Å². The fourth-order valence-electron chi connectivity index (χ4n) is 0.448. The summed E-state index contributed by atoms with van der Waals surface area (Å²) in [5, 5.41) is 0. The SMILES string of the molecule is CC.CC(C)=O.Cc1ccccn1. The average Bonchev–Trinajstić information content (AvgIpc) is 2.08. The smallest absolute Gasteiger partial charge is 0.126 e. The van der Waals surface area contributed by atoms with Gasteiger partial charge in [0.1, 0.15) is 5.78 Å². The first-order chi connectivity index (χ1) is 6.13. The second kappa shape index (κ2) is 10.8. The number of hydrogen-bond donors (Lipinski definition) is 0. The summed E-state index contributed by atoms with van der Waals surface area (Å²) in [5.74, 6) is 0.167. The van der Waals surface area contributed by atoms with Crippen LogP contribution in [0.5, 0.6) is 0 Å². The normalized spacial score (nSPS) is 7.15. The van der Waals surface area contributed by atoms with Gasteiger partial charge in [0.25, 0.3) is 0 Å². The van der Waals surface area contributed by atoms with E-state index in [4.69, 9.17) is 0 Å².